The number of allylic oxidation sites excluding steroid dienone is 2. The van der Waals surface area contributed by atoms with E-state index in [1.807, 2.05) is 24.3 Å². The predicted molar refractivity (Wildman–Crippen MR) is 135 cm³/mol. The summed E-state index contributed by atoms with van der Waals surface area (Å²) < 4.78 is 14.9. The Morgan fingerprint density at radius 2 is 1.41 bits per heavy atom. The number of halogens is 1. The van der Waals surface area contributed by atoms with Crippen molar-refractivity contribution in [2.24, 2.45) is 5.92 Å². The Kier molecular flexibility index (Phi) is 7.58. The zero-order valence-electron chi connectivity index (χ0n) is 19.5. The minimum Gasteiger partial charge on any atom is -0.206 e. The van der Waals surface area contributed by atoms with Gasteiger partial charge in [-0.3, -0.25) is 0 Å². The minimum atomic E-state index is -0.161. The summed E-state index contributed by atoms with van der Waals surface area (Å²) in [6.45, 7) is 4.33. The normalized spacial score (nSPS) is 18.8. The van der Waals surface area contributed by atoms with Gasteiger partial charge in [0.15, 0.2) is 0 Å². The van der Waals surface area contributed by atoms with Crippen LogP contribution in [0.15, 0.2) is 78.9 Å². The van der Waals surface area contributed by atoms with Gasteiger partial charge in [0.05, 0.1) is 0 Å². The van der Waals surface area contributed by atoms with Crippen molar-refractivity contribution in [3.63, 3.8) is 0 Å². The summed E-state index contributed by atoms with van der Waals surface area (Å²) in [5.41, 5.74) is 6.33. The average molecular weight is 427 g/mol. The fourth-order valence-electron chi connectivity index (χ4n) is 4.98. The van der Waals surface area contributed by atoms with E-state index in [-0.39, 0.29) is 5.82 Å². The average Bonchev–Trinajstić information content (AvgIpc) is 2.85. The molecule has 166 valence electrons. The third-order valence-electron chi connectivity index (χ3n) is 7.08. The lowest BCUT2D eigenvalue weighted by Gasteiger charge is -2.28. The van der Waals surface area contributed by atoms with E-state index in [1.54, 1.807) is 6.07 Å². The molecule has 0 unspecified atom stereocenters. The van der Waals surface area contributed by atoms with Crippen LogP contribution in [0.5, 0.6) is 0 Å². The van der Waals surface area contributed by atoms with Crippen molar-refractivity contribution >= 4 is 0 Å². The minimum absolute atomic E-state index is 0.161. The first-order valence-corrected chi connectivity index (χ1v) is 12.3. The Morgan fingerprint density at radius 1 is 0.750 bits per heavy atom. The monoisotopic (exact) mass is 426 g/mol. The van der Waals surface area contributed by atoms with Gasteiger partial charge in [-0.15, -0.1) is 0 Å². The highest BCUT2D eigenvalue weighted by Gasteiger charge is 2.21. The lowest BCUT2D eigenvalue weighted by atomic mass is 9.77. The fourth-order valence-corrected chi connectivity index (χ4v) is 4.98. The Labute approximate surface area is 193 Å². The van der Waals surface area contributed by atoms with E-state index in [1.165, 1.54) is 43.2 Å². The van der Waals surface area contributed by atoms with Gasteiger partial charge in [0.1, 0.15) is 5.82 Å². The molecule has 4 rings (SSSR count). The summed E-state index contributed by atoms with van der Waals surface area (Å²) >= 11 is 0. The molecule has 0 nitrogen and oxygen atoms in total. The third kappa shape index (κ3) is 5.38. The largest absolute Gasteiger partial charge is 0.206 e. The van der Waals surface area contributed by atoms with Crippen LogP contribution in [-0.2, 0) is 6.42 Å². The second-order valence-electron chi connectivity index (χ2n) is 9.20. The molecule has 1 heteroatoms. The molecule has 0 radical (unpaired) electrons. The zero-order valence-corrected chi connectivity index (χ0v) is 19.5. The van der Waals surface area contributed by atoms with E-state index in [9.17, 15) is 4.39 Å². The lowest BCUT2D eigenvalue weighted by Crippen LogP contribution is -2.12. The first kappa shape index (κ1) is 22.5. The van der Waals surface area contributed by atoms with Crippen LogP contribution in [0.4, 0.5) is 4.39 Å². The second-order valence-corrected chi connectivity index (χ2v) is 9.20. The molecule has 0 atom stereocenters. The number of aryl methyl sites for hydroxylation is 1. The topological polar surface area (TPSA) is 0 Å². The van der Waals surface area contributed by atoms with E-state index >= 15 is 0 Å². The summed E-state index contributed by atoms with van der Waals surface area (Å²) in [7, 11) is 0. The van der Waals surface area contributed by atoms with Gasteiger partial charge in [0, 0.05) is 5.56 Å². The predicted octanol–water partition coefficient (Wildman–Crippen LogP) is 9.35. The maximum atomic E-state index is 14.9. The molecule has 32 heavy (non-hydrogen) atoms. The molecular weight excluding hydrogens is 391 g/mol. The molecule has 0 aromatic heterocycles. The first-order valence-electron chi connectivity index (χ1n) is 12.3. The molecule has 3 aromatic carbocycles. The first-order chi connectivity index (χ1) is 15.7. The van der Waals surface area contributed by atoms with E-state index in [0.717, 1.165) is 35.4 Å². The van der Waals surface area contributed by atoms with Gasteiger partial charge in [-0.25, -0.2) is 4.39 Å². The molecule has 0 amide bonds. The maximum absolute atomic E-state index is 14.9. The molecule has 1 aliphatic carbocycles. The molecule has 1 saturated carbocycles. The molecular formula is C31H35F. The van der Waals surface area contributed by atoms with Crippen molar-refractivity contribution in [3.8, 4) is 22.3 Å². The van der Waals surface area contributed by atoms with E-state index < -0.39 is 0 Å². The molecule has 0 N–H and O–H groups in total. The molecule has 1 fully saturated rings. The molecule has 1 aliphatic rings. The van der Waals surface area contributed by atoms with Crippen LogP contribution < -0.4 is 0 Å². The highest BCUT2D eigenvalue weighted by Crippen LogP contribution is 2.38. The standard InChI is InChI=1S/C31H35F/c1-3-5-6-7-24-10-12-25(13-11-24)26-16-18-27(19-17-26)29-20-21-30(31(32)22-29)28-14-8-23(4-2)9-15-28/h5-6,8-9,14-22,24-25H,3-4,7,10-13H2,1-2H3/b6-5-. The van der Waals surface area contributed by atoms with Gasteiger partial charge >= 0.3 is 0 Å². The van der Waals surface area contributed by atoms with Gasteiger partial charge < -0.3 is 0 Å². The number of hydrogen-bond acceptors (Lipinski definition) is 0. The van der Waals surface area contributed by atoms with Crippen molar-refractivity contribution in [2.45, 2.75) is 64.7 Å². The Hall–Kier alpha value is -2.67. The Bertz CT molecular complexity index is 1020. The number of hydrogen-bond donors (Lipinski definition) is 0. The smallest absolute Gasteiger partial charge is 0.131 e. The molecule has 0 bridgehead atoms. The lowest BCUT2D eigenvalue weighted by molar-refractivity contribution is 0.328. The summed E-state index contributed by atoms with van der Waals surface area (Å²) in [5, 5.41) is 0. The summed E-state index contributed by atoms with van der Waals surface area (Å²) in [6, 6.07) is 22.6. The van der Waals surface area contributed by atoms with Gasteiger partial charge in [-0.1, -0.05) is 86.7 Å². The van der Waals surface area contributed by atoms with Gasteiger partial charge in [-0.05, 0) is 90.7 Å². The maximum Gasteiger partial charge on any atom is 0.131 e. The van der Waals surface area contributed by atoms with Crippen LogP contribution in [0.1, 0.15) is 69.4 Å². The van der Waals surface area contributed by atoms with Crippen LogP contribution in [0.25, 0.3) is 22.3 Å². The molecule has 0 aliphatic heterocycles. The van der Waals surface area contributed by atoms with E-state index in [4.69, 9.17) is 0 Å². The molecule has 0 spiro atoms. The van der Waals surface area contributed by atoms with Crippen LogP contribution in [0.2, 0.25) is 0 Å². The molecule has 0 saturated heterocycles. The Balaban J connectivity index is 1.42. The molecule has 0 heterocycles. The fraction of sp³-hybridized carbons (Fsp3) is 0.355. The highest BCUT2D eigenvalue weighted by atomic mass is 19.1. The van der Waals surface area contributed by atoms with Gasteiger partial charge in [-0.2, -0.15) is 0 Å². The van der Waals surface area contributed by atoms with Crippen molar-refractivity contribution in [1.82, 2.24) is 0 Å². The molecule has 3 aromatic rings. The van der Waals surface area contributed by atoms with Crippen molar-refractivity contribution < 1.29 is 4.39 Å². The third-order valence-corrected chi connectivity index (χ3v) is 7.08. The van der Waals surface area contributed by atoms with Crippen LogP contribution in [0, 0.1) is 11.7 Å². The summed E-state index contributed by atoms with van der Waals surface area (Å²) in [6.07, 6.45) is 13.2. The number of rotatable bonds is 7. The number of benzene rings is 3. The van der Waals surface area contributed by atoms with Gasteiger partial charge in [0.2, 0.25) is 0 Å². The van der Waals surface area contributed by atoms with Crippen LogP contribution in [0.3, 0.4) is 0 Å². The van der Waals surface area contributed by atoms with E-state index in [2.05, 4.69) is 62.4 Å². The quantitative estimate of drug-likeness (QED) is 0.330. The summed E-state index contributed by atoms with van der Waals surface area (Å²) in [5.74, 6) is 1.36. The van der Waals surface area contributed by atoms with Gasteiger partial charge in [0.25, 0.3) is 0 Å². The van der Waals surface area contributed by atoms with Crippen molar-refractivity contribution in [3.05, 3.63) is 95.8 Å². The SMILES string of the molecule is CC/C=C\CC1CCC(c2ccc(-c3ccc(-c4ccc(CC)cc4)c(F)c3)cc2)CC1. The Morgan fingerprint density at radius 3 is 2.03 bits per heavy atom. The second kappa shape index (κ2) is 10.8. The van der Waals surface area contributed by atoms with Crippen LogP contribution in [-0.4, -0.2) is 0 Å². The highest BCUT2D eigenvalue weighted by molar-refractivity contribution is 5.71. The van der Waals surface area contributed by atoms with E-state index in [0.29, 0.717) is 11.5 Å². The van der Waals surface area contributed by atoms with Crippen LogP contribution >= 0.6 is 0 Å². The van der Waals surface area contributed by atoms with Crippen molar-refractivity contribution in [2.75, 3.05) is 0 Å². The zero-order chi connectivity index (χ0) is 22.3. The van der Waals surface area contributed by atoms with Crippen molar-refractivity contribution in [1.29, 1.82) is 0 Å². The summed E-state index contributed by atoms with van der Waals surface area (Å²) in [4.78, 5) is 0.